The Morgan fingerprint density at radius 3 is 1.62 bits per heavy atom. The number of amides is 6. The Balaban J connectivity index is 0.00000110. The average Bonchev–Trinajstić information content (AvgIpc) is 3.90. The van der Waals surface area contributed by atoms with Crippen LogP contribution >= 0.6 is 0 Å². The van der Waals surface area contributed by atoms with Crippen LogP contribution in [0.25, 0.3) is 11.1 Å². The largest absolute Gasteiger partial charge is 0.490 e. The van der Waals surface area contributed by atoms with Gasteiger partial charge in [0.25, 0.3) is 0 Å². The number of anilines is 2. The summed E-state index contributed by atoms with van der Waals surface area (Å²) in [6.07, 6.45) is 2.04. The molecule has 5 aliphatic carbocycles. The number of alkyl carbamates (subject to hydrolysis) is 1. The smallest absolute Gasteiger partial charge is 0.475 e. The second-order valence-corrected chi connectivity index (χ2v) is 23.6. The molecule has 8 N–H and O–H groups in total. The summed E-state index contributed by atoms with van der Waals surface area (Å²) < 4.78 is 37.4. The van der Waals surface area contributed by atoms with E-state index in [1.54, 1.807) is 6.92 Å². The number of benzene rings is 4. The van der Waals surface area contributed by atoms with Gasteiger partial charge < -0.3 is 36.8 Å². The molecule has 4 aromatic carbocycles. The van der Waals surface area contributed by atoms with Crippen molar-refractivity contribution in [2.24, 2.45) is 34.3 Å². The molecule has 2 unspecified atom stereocenters. The first-order valence-electron chi connectivity index (χ1n) is 27.4. The summed E-state index contributed by atoms with van der Waals surface area (Å²) in [7, 11) is 0. The molecule has 8 atom stereocenters. The lowest BCUT2D eigenvalue weighted by atomic mass is 9.49. The van der Waals surface area contributed by atoms with E-state index in [1.165, 1.54) is 11.1 Å². The first-order valence-corrected chi connectivity index (χ1v) is 27.4. The van der Waals surface area contributed by atoms with E-state index in [4.69, 9.17) is 20.4 Å². The number of alkyl halides is 3. The van der Waals surface area contributed by atoms with Crippen LogP contribution in [0.2, 0.25) is 0 Å². The number of ether oxygens (including phenoxy) is 1. The van der Waals surface area contributed by atoms with E-state index >= 15 is 0 Å². The van der Waals surface area contributed by atoms with E-state index in [9.17, 15) is 41.9 Å². The molecule has 0 saturated heterocycles. The lowest BCUT2D eigenvalue weighted by molar-refractivity contribution is -0.192. The zero-order valence-electron chi connectivity index (χ0n) is 46.0. The van der Waals surface area contributed by atoms with Crippen LogP contribution in [0.15, 0.2) is 84.9 Å². The number of nitrogens with two attached hydrogens (primary N) is 1. The predicted molar refractivity (Wildman–Crippen MR) is 293 cm³/mol. The fraction of sp³-hybridized carbons (Fsp3) is 0.492. The van der Waals surface area contributed by atoms with E-state index in [0.29, 0.717) is 24.2 Å². The van der Waals surface area contributed by atoms with Gasteiger partial charge in [-0.1, -0.05) is 115 Å². The molecule has 2 saturated carbocycles. The lowest BCUT2D eigenvalue weighted by Gasteiger charge is -2.56. The molecule has 4 aromatic rings. The molecular formula is C61H73F3N6O9. The van der Waals surface area contributed by atoms with Gasteiger partial charge in [-0.25, -0.2) is 9.59 Å². The highest BCUT2D eigenvalue weighted by Crippen LogP contribution is 2.60. The van der Waals surface area contributed by atoms with E-state index in [-0.39, 0.29) is 77.2 Å². The van der Waals surface area contributed by atoms with Crippen molar-refractivity contribution in [2.75, 3.05) is 23.8 Å². The summed E-state index contributed by atoms with van der Waals surface area (Å²) >= 11 is 0. The number of rotatable bonds is 12. The fourth-order valence-electron chi connectivity index (χ4n) is 13.9. The fourth-order valence-corrected chi connectivity index (χ4v) is 13.9. The van der Waals surface area contributed by atoms with Crippen molar-refractivity contribution in [1.82, 2.24) is 16.0 Å². The van der Waals surface area contributed by atoms with Crippen LogP contribution in [-0.4, -0.2) is 78.1 Å². The number of nitrogens with one attached hydrogen (secondary N) is 5. The van der Waals surface area contributed by atoms with Crippen molar-refractivity contribution in [2.45, 2.75) is 148 Å². The third-order valence-electron chi connectivity index (χ3n) is 18.3. The van der Waals surface area contributed by atoms with Gasteiger partial charge in [0.15, 0.2) is 0 Å². The Labute approximate surface area is 459 Å². The number of fused-ring (bicyclic) bond motifs is 9. The van der Waals surface area contributed by atoms with Crippen molar-refractivity contribution >= 4 is 53.0 Å². The summed E-state index contributed by atoms with van der Waals surface area (Å²) in [5.74, 6) is -4.56. The number of hydrogen-bond acceptors (Lipinski definition) is 9. The normalized spacial score (nSPS) is 25.3. The minimum atomic E-state index is -5.08. The van der Waals surface area contributed by atoms with Crippen molar-refractivity contribution in [3.63, 3.8) is 0 Å². The van der Waals surface area contributed by atoms with Crippen molar-refractivity contribution < 1.29 is 56.6 Å². The number of carbonyl (C=O) groups excluding carboxylic acids is 6. The van der Waals surface area contributed by atoms with Gasteiger partial charge in [0.05, 0.1) is 16.9 Å². The summed E-state index contributed by atoms with van der Waals surface area (Å²) in [5.41, 5.74) is 14.0. The molecule has 15 nitrogen and oxygen atoms in total. The van der Waals surface area contributed by atoms with E-state index in [0.717, 1.165) is 84.7 Å². The van der Waals surface area contributed by atoms with Crippen LogP contribution < -0.4 is 32.3 Å². The Hall–Kier alpha value is -7.08. The summed E-state index contributed by atoms with van der Waals surface area (Å²) in [6, 6.07) is 26.7. The molecule has 0 aromatic heterocycles. The molecular weight excluding hydrogens is 1020 g/mol. The molecule has 9 rings (SSSR count). The molecule has 0 bridgehead atoms. The SMILES string of the molecule is CC(NC(=O)C(N)C(C)C)C(=O)Nc1ccc2c(c1)[C@@]1(C)CCC[C@](C)(C(=O)NC(=O)[C@@]3(C)CCC[C@]4(C)c5cc(NC(=O)CNC(=O)OCC6c7ccccc7-c7ccccc76)ccc5CC[C@@H]34)[C@@H]1CC2.O=C(O)C(F)(F)F. The highest BCUT2D eigenvalue weighted by atomic mass is 19.4. The lowest BCUT2D eigenvalue weighted by Crippen LogP contribution is -2.60. The second kappa shape index (κ2) is 22.6. The Kier molecular flexibility index (Phi) is 16.6. The zero-order chi connectivity index (χ0) is 57.4. The predicted octanol–water partition coefficient (Wildman–Crippen LogP) is 9.59. The molecule has 422 valence electrons. The van der Waals surface area contributed by atoms with Gasteiger partial charge >= 0.3 is 18.2 Å². The van der Waals surface area contributed by atoms with Crippen molar-refractivity contribution in [1.29, 1.82) is 0 Å². The van der Waals surface area contributed by atoms with Crippen LogP contribution in [0, 0.1) is 28.6 Å². The van der Waals surface area contributed by atoms with Gasteiger partial charge in [-0.3, -0.25) is 29.3 Å². The highest BCUT2D eigenvalue weighted by Gasteiger charge is 2.58. The van der Waals surface area contributed by atoms with Gasteiger partial charge in [0.2, 0.25) is 29.5 Å². The van der Waals surface area contributed by atoms with Crippen LogP contribution in [0.3, 0.4) is 0 Å². The standard InChI is InChI=1S/C59H72N6O7.C2HF3O2/c1-34(2)50(60)52(68)62-35(3)51(67)64-39-23-19-37-21-25-48-57(5,46(37)31-39)27-13-29-59(48,7)54(70)65-53(69)58(6)28-12-26-56(4)45-30-38(22-18-36(45)20-24-47(56)58)63-49(66)32-61-55(71)72-33-44-42-16-10-8-14-40(42)41-15-9-11-17-43(41)44;3-2(4,5)1(6)7/h8-11,14-19,22-23,30-31,34-35,44,47-48,50H,12-13,20-21,24-29,32-33,60H2,1-7H3,(H,61,71)(H,62,68)(H,63,66)(H,64,67)(H,65,69,70);(H,6,7)/t35?,47-,48-,50?,56-,57-,58+,59+;/m1./s1. The van der Waals surface area contributed by atoms with Gasteiger partial charge in [-0.15, -0.1) is 0 Å². The molecule has 2 fully saturated rings. The molecule has 0 radical (unpaired) electrons. The summed E-state index contributed by atoms with van der Waals surface area (Å²) in [6.45, 7) is 13.8. The van der Waals surface area contributed by atoms with Crippen molar-refractivity contribution in [3.8, 4) is 11.1 Å². The number of carboxylic acid groups (broad SMARTS) is 1. The molecule has 0 spiro atoms. The van der Waals surface area contributed by atoms with Gasteiger partial charge in [-0.05, 0) is 156 Å². The molecule has 0 heterocycles. The molecule has 6 amide bonds. The highest BCUT2D eigenvalue weighted by molar-refractivity contribution is 6.01. The number of carbonyl (C=O) groups is 7. The monoisotopic (exact) mass is 1090 g/mol. The molecule has 79 heavy (non-hydrogen) atoms. The van der Waals surface area contributed by atoms with Crippen LogP contribution in [0.5, 0.6) is 0 Å². The second-order valence-electron chi connectivity index (χ2n) is 23.6. The topological polar surface area (TPSA) is 235 Å². The first kappa shape index (κ1) is 58.1. The number of carboxylic acids is 1. The Morgan fingerprint density at radius 1 is 0.684 bits per heavy atom. The van der Waals surface area contributed by atoms with Gasteiger partial charge in [0, 0.05) is 17.3 Å². The minimum absolute atomic E-state index is 0.0468. The van der Waals surface area contributed by atoms with Crippen LogP contribution in [0.1, 0.15) is 139 Å². The molecule has 0 aliphatic heterocycles. The summed E-state index contributed by atoms with van der Waals surface area (Å²) in [5, 5.41) is 21.5. The number of aliphatic carboxylic acids is 1. The third kappa shape index (κ3) is 11.5. The third-order valence-corrected chi connectivity index (χ3v) is 18.3. The van der Waals surface area contributed by atoms with E-state index in [2.05, 4.69) is 76.8 Å². The number of imide groups is 1. The average molecular weight is 1090 g/mol. The van der Waals surface area contributed by atoms with Crippen LogP contribution in [-0.2, 0) is 57.2 Å². The Bertz CT molecular complexity index is 3010. The van der Waals surface area contributed by atoms with Crippen molar-refractivity contribution in [3.05, 3.63) is 118 Å². The maximum atomic E-state index is 14.9. The van der Waals surface area contributed by atoms with E-state index < -0.39 is 41.2 Å². The Morgan fingerprint density at radius 2 is 1.15 bits per heavy atom. The molecule has 5 aliphatic rings. The maximum Gasteiger partial charge on any atom is 0.490 e. The number of aryl methyl sites for hydroxylation is 2. The number of halogens is 3. The summed E-state index contributed by atoms with van der Waals surface area (Å²) in [4.78, 5) is 90.7. The van der Waals surface area contributed by atoms with Gasteiger partial charge in [0.1, 0.15) is 19.2 Å². The first-order chi connectivity index (χ1) is 37.2. The minimum Gasteiger partial charge on any atom is -0.475 e. The molecule has 18 heteroatoms. The van der Waals surface area contributed by atoms with E-state index in [1.807, 2.05) is 76.2 Å². The maximum absolute atomic E-state index is 14.9. The van der Waals surface area contributed by atoms with Crippen LogP contribution in [0.4, 0.5) is 29.3 Å². The zero-order valence-corrected chi connectivity index (χ0v) is 46.0. The van der Waals surface area contributed by atoms with Gasteiger partial charge in [-0.2, -0.15) is 13.2 Å². The quantitative estimate of drug-likeness (QED) is 0.0664. The number of hydrogen-bond donors (Lipinski definition) is 7.